The van der Waals surface area contributed by atoms with Gasteiger partial charge in [0.2, 0.25) is 5.91 Å². The Morgan fingerprint density at radius 3 is 2.36 bits per heavy atom. The third-order valence-corrected chi connectivity index (χ3v) is 7.62. The molecule has 1 amide bonds. The van der Waals surface area contributed by atoms with Crippen molar-refractivity contribution in [2.75, 3.05) is 31.6 Å². The predicted octanol–water partition coefficient (Wildman–Crippen LogP) is 6.80. The Bertz CT molecular complexity index is 947. The molecule has 2 aliphatic rings. The van der Waals surface area contributed by atoms with Gasteiger partial charge < -0.3 is 10.1 Å². The highest BCUT2D eigenvalue weighted by Crippen LogP contribution is 2.45. The van der Waals surface area contributed by atoms with Gasteiger partial charge in [-0.25, -0.2) is 0 Å². The SMILES string of the molecule is CC1CC(C)CN(CCOc2ccc(NC(=O)C3(c4ccc(Cl)cc4Cl)CCCC3)cc2)C1. The second-order valence-electron chi connectivity index (χ2n) is 9.95. The van der Waals surface area contributed by atoms with Gasteiger partial charge in [-0.05, 0) is 73.1 Å². The van der Waals surface area contributed by atoms with E-state index < -0.39 is 5.41 Å². The molecule has 1 saturated carbocycles. The Morgan fingerprint density at radius 2 is 1.73 bits per heavy atom. The van der Waals surface area contributed by atoms with Gasteiger partial charge in [0.15, 0.2) is 0 Å². The van der Waals surface area contributed by atoms with Gasteiger partial charge in [-0.3, -0.25) is 9.69 Å². The molecule has 2 unspecified atom stereocenters. The van der Waals surface area contributed by atoms with E-state index in [1.54, 1.807) is 6.07 Å². The zero-order valence-corrected chi connectivity index (χ0v) is 21.1. The van der Waals surface area contributed by atoms with E-state index in [9.17, 15) is 4.79 Å². The number of hydrogen-bond donors (Lipinski definition) is 1. The molecule has 0 radical (unpaired) electrons. The molecule has 2 fully saturated rings. The third kappa shape index (κ3) is 5.85. The van der Waals surface area contributed by atoms with Crippen molar-refractivity contribution in [1.29, 1.82) is 0 Å². The molecular formula is C27H34Cl2N2O2. The van der Waals surface area contributed by atoms with E-state index in [0.29, 0.717) is 16.7 Å². The maximum atomic E-state index is 13.4. The molecule has 0 bridgehead atoms. The maximum Gasteiger partial charge on any atom is 0.235 e. The average molecular weight is 489 g/mol. The zero-order chi connectivity index (χ0) is 23.4. The fourth-order valence-electron chi connectivity index (χ4n) is 5.63. The van der Waals surface area contributed by atoms with Gasteiger partial charge in [0.25, 0.3) is 0 Å². The number of likely N-dealkylation sites (tertiary alicyclic amines) is 1. The van der Waals surface area contributed by atoms with Gasteiger partial charge in [-0.15, -0.1) is 0 Å². The Balaban J connectivity index is 1.35. The minimum Gasteiger partial charge on any atom is -0.492 e. The van der Waals surface area contributed by atoms with Crippen molar-refractivity contribution in [3.05, 3.63) is 58.1 Å². The smallest absolute Gasteiger partial charge is 0.235 e. The van der Waals surface area contributed by atoms with Gasteiger partial charge >= 0.3 is 0 Å². The summed E-state index contributed by atoms with van der Waals surface area (Å²) in [6, 6.07) is 13.1. The highest BCUT2D eigenvalue weighted by atomic mass is 35.5. The molecule has 1 saturated heterocycles. The van der Waals surface area contributed by atoms with Gasteiger partial charge in [0.05, 0.1) is 5.41 Å². The lowest BCUT2D eigenvalue weighted by molar-refractivity contribution is -0.121. The van der Waals surface area contributed by atoms with Crippen molar-refractivity contribution in [3.63, 3.8) is 0 Å². The first-order chi connectivity index (χ1) is 15.9. The van der Waals surface area contributed by atoms with Crippen LogP contribution in [-0.4, -0.2) is 37.0 Å². The van der Waals surface area contributed by atoms with E-state index in [-0.39, 0.29) is 5.91 Å². The first-order valence-corrected chi connectivity index (χ1v) is 12.8. The number of carbonyl (C=O) groups excluding carboxylic acids is 1. The van der Waals surface area contributed by atoms with Crippen molar-refractivity contribution >= 4 is 34.8 Å². The van der Waals surface area contributed by atoms with Crippen LogP contribution >= 0.6 is 23.2 Å². The summed E-state index contributed by atoms with van der Waals surface area (Å²) in [6.45, 7) is 8.57. The molecular weight excluding hydrogens is 455 g/mol. The first-order valence-electron chi connectivity index (χ1n) is 12.1. The number of nitrogens with one attached hydrogen (secondary N) is 1. The van der Waals surface area contributed by atoms with E-state index in [2.05, 4.69) is 24.1 Å². The van der Waals surface area contributed by atoms with Crippen LogP contribution in [0.2, 0.25) is 10.0 Å². The van der Waals surface area contributed by atoms with Crippen LogP contribution in [0.1, 0.15) is 51.5 Å². The van der Waals surface area contributed by atoms with Gasteiger partial charge in [-0.2, -0.15) is 0 Å². The van der Waals surface area contributed by atoms with Gasteiger partial charge in [0, 0.05) is 35.4 Å². The molecule has 178 valence electrons. The summed E-state index contributed by atoms with van der Waals surface area (Å²) in [5.41, 5.74) is 1.02. The summed E-state index contributed by atoms with van der Waals surface area (Å²) in [5.74, 6) is 2.32. The molecule has 1 N–H and O–H groups in total. The minimum absolute atomic E-state index is 0.00812. The minimum atomic E-state index is -0.612. The van der Waals surface area contributed by atoms with Crippen molar-refractivity contribution in [2.24, 2.45) is 11.8 Å². The summed E-state index contributed by atoms with van der Waals surface area (Å²) in [5, 5.41) is 4.25. The lowest BCUT2D eigenvalue weighted by Gasteiger charge is -2.34. The summed E-state index contributed by atoms with van der Waals surface area (Å²) in [4.78, 5) is 15.9. The quantitative estimate of drug-likeness (QED) is 0.465. The summed E-state index contributed by atoms with van der Waals surface area (Å²) < 4.78 is 5.97. The number of amides is 1. The van der Waals surface area contributed by atoms with E-state index in [1.807, 2.05) is 36.4 Å². The van der Waals surface area contributed by atoms with E-state index in [1.165, 1.54) is 6.42 Å². The van der Waals surface area contributed by atoms with Gasteiger partial charge in [-0.1, -0.05) is 56.0 Å². The standard InChI is InChI=1S/C27H34Cl2N2O2/c1-19-15-20(2)18-31(17-19)13-14-33-23-8-6-22(7-9-23)30-26(32)27(11-3-4-12-27)24-10-5-21(28)16-25(24)29/h5-10,16,19-20H,3-4,11-15,17-18H2,1-2H3,(H,30,32). The van der Waals surface area contributed by atoms with Crippen LogP contribution in [0.15, 0.2) is 42.5 Å². The number of ether oxygens (including phenoxy) is 1. The van der Waals surface area contributed by atoms with E-state index >= 15 is 0 Å². The fourth-order valence-corrected chi connectivity index (χ4v) is 6.22. The molecule has 2 aromatic carbocycles. The second kappa shape index (κ2) is 10.7. The van der Waals surface area contributed by atoms with Crippen molar-refractivity contribution in [2.45, 2.75) is 51.4 Å². The second-order valence-corrected chi connectivity index (χ2v) is 10.8. The monoisotopic (exact) mass is 488 g/mol. The van der Waals surface area contributed by atoms with Crippen LogP contribution in [0, 0.1) is 11.8 Å². The van der Waals surface area contributed by atoms with Crippen molar-refractivity contribution in [3.8, 4) is 5.75 Å². The van der Waals surface area contributed by atoms with Crippen LogP contribution in [0.5, 0.6) is 5.75 Å². The Kier molecular flexibility index (Phi) is 7.88. The highest BCUT2D eigenvalue weighted by molar-refractivity contribution is 6.35. The number of halogens is 2. The molecule has 4 nitrogen and oxygen atoms in total. The fraction of sp³-hybridized carbons (Fsp3) is 0.519. The largest absolute Gasteiger partial charge is 0.492 e. The zero-order valence-electron chi connectivity index (χ0n) is 19.6. The predicted molar refractivity (Wildman–Crippen MR) is 137 cm³/mol. The Hall–Kier alpha value is -1.75. The number of rotatable bonds is 7. The maximum absolute atomic E-state index is 13.4. The number of anilines is 1. The number of piperidine rings is 1. The van der Waals surface area contributed by atoms with E-state index in [0.717, 1.165) is 74.2 Å². The summed E-state index contributed by atoms with van der Waals surface area (Å²) in [7, 11) is 0. The highest BCUT2D eigenvalue weighted by Gasteiger charge is 2.44. The van der Waals surface area contributed by atoms with Gasteiger partial charge in [0.1, 0.15) is 12.4 Å². The van der Waals surface area contributed by atoms with Crippen LogP contribution in [0.4, 0.5) is 5.69 Å². The third-order valence-electron chi connectivity index (χ3n) is 7.07. The normalized spacial score (nSPS) is 22.8. The molecule has 1 heterocycles. The molecule has 2 aromatic rings. The first kappa shape index (κ1) is 24.4. The number of hydrogen-bond acceptors (Lipinski definition) is 3. The molecule has 2 atom stereocenters. The lowest BCUT2D eigenvalue weighted by atomic mass is 9.78. The Morgan fingerprint density at radius 1 is 1.06 bits per heavy atom. The summed E-state index contributed by atoms with van der Waals surface area (Å²) >= 11 is 12.6. The summed E-state index contributed by atoms with van der Waals surface area (Å²) in [6.07, 6.45) is 4.90. The molecule has 33 heavy (non-hydrogen) atoms. The van der Waals surface area contributed by atoms with Crippen LogP contribution in [0.25, 0.3) is 0 Å². The van der Waals surface area contributed by atoms with Crippen molar-refractivity contribution in [1.82, 2.24) is 4.90 Å². The lowest BCUT2D eigenvalue weighted by Crippen LogP contribution is -2.40. The van der Waals surface area contributed by atoms with Crippen molar-refractivity contribution < 1.29 is 9.53 Å². The molecule has 0 spiro atoms. The van der Waals surface area contributed by atoms with Crippen LogP contribution in [-0.2, 0) is 10.2 Å². The molecule has 6 heteroatoms. The number of carbonyl (C=O) groups is 1. The average Bonchev–Trinajstić information content (AvgIpc) is 3.25. The number of nitrogens with zero attached hydrogens (tertiary/aromatic N) is 1. The van der Waals surface area contributed by atoms with E-state index in [4.69, 9.17) is 27.9 Å². The molecule has 1 aliphatic heterocycles. The van der Waals surface area contributed by atoms with Crippen LogP contribution < -0.4 is 10.1 Å². The topological polar surface area (TPSA) is 41.6 Å². The molecule has 0 aromatic heterocycles. The number of benzene rings is 2. The molecule has 4 rings (SSSR count). The Labute approximate surface area is 207 Å². The molecule has 1 aliphatic carbocycles. The van der Waals surface area contributed by atoms with Crippen LogP contribution in [0.3, 0.4) is 0 Å².